The van der Waals surface area contributed by atoms with Crippen LogP contribution in [0.4, 0.5) is 0 Å². The molecule has 2 N–H and O–H groups in total. The zero-order valence-electron chi connectivity index (χ0n) is 11.6. The van der Waals surface area contributed by atoms with Gasteiger partial charge in [0.25, 0.3) is 0 Å². The maximum absolute atomic E-state index is 11.3. The highest BCUT2D eigenvalue weighted by atomic mass is 16.5. The van der Waals surface area contributed by atoms with Crippen LogP contribution in [0.15, 0.2) is 24.4 Å². The van der Waals surface area contributed by atoms with Gasteiger partial charge in [-0.25, -0.2) is 4.98 Å². The first kappa shape index (κ1) is 13.3. The number of aromatic amines is 2. The number of nitrogens with zero attached hydrogens (tertiary/aromatic N) is 3. The molecule has 2 aromatic heterocycles. The van der Waals surface area contributed by atoms with Gasteiger partial charge in [0.15, 0.2) is 5.82 Å². The molecule has 0 spiro atoms. The van der Waals surface area contributed by atoms with Crippen molar-refractivity contribution in [2.45, 2.75) is 19.8 Å². The molecular weight excluding hydrogens is 270 g/mol. The summed E-state index contributed by atoms with van der Waals surface area (Å²) in [5, 5.41) is 15.0. The highest BCUT2D eigenvalue weighted by Crippen LogP contribution is 2.24. The summed E-state index contributed by atoms with van der Waals surface area (Å²) < 4.78 is 4.89. The monoisotopic (exact) mass is 285 g/mol. The van der Waals surface area contributed by atoms with E-state index in [1.54, 1.807) is 13.1 Å². The van der Waals surface area contributed by atoms with E-state index in [4.69, 9.17) is 4.74 Å². The second-order valence-electron chi connectivity index (χ2n) is 4.55. The number of nitrogens with one attached hydrogen (secondary N) is 2. The molecule has 0 fully saturated rings. The molecule has 2 heterocycles. The maximum atomic E-state index is 11.3. The van der Waals surface area contributed by atoms with Gasteiger partial charge in [-0.05, 0) is 13.0 Å². The van der Waals surface area contributed by atoms with Crippen LogP contribution in [0.3, 0.4) is 0 Å². The molecule has 0 radical (unpaired) electrons. The molecule has 1 aromatic carbocycles. The molecular formula is C14H15N5O2. The summed E-state index contributed by atoms with van der Waals surface area (Å²) in [6.07, 6.45) is 2.52. The number of aryl methyl sites for hydroxylation is 1. The van der Waals surface area contributed by atoms with E-state index >= 15 is 0 Å². The van der Waals surface area contributed by atoms with E-state index < -0.39 is 0 Å². The topological polar surface area (TPSA) is 96.6 Å². The first-order valence-electron chi connectivity index (χ1n) is 6.77. The summed E-state index contributed by atoms with van der Waals surface area (Å²) in [5.41, 5.74) is 1.84. The van der Waals surface area contributed by atoms with E-state index in [2.05, 4.69) is 25.4 Å². The Morgan fingerprint density at radius 1 is 1.33 bits per heavy atom. The highest BCUT2D eigenvalue weighted by molar-refractivity contribution is 5.92. The second-order valence-corrected chi connectivity index (χ2v) is 4.55. The molecule has 7 nitrogen and oxygen atoms in total. The third-order valence-corrected chi connectivity index (χ3v) is 3.13. The lowest BCUT2D eigenvalue weighted by atomic mass is 10.1. The van der Waals surface area contributed by atoms with Crippen LogP contribution in [0.1, 0.15) is 19.2 Å². The van der Waals surface area contributed by atoms with Gasteiger partial charge in [0.1, 0.15) is 5.82 Å². The molecule has 0 aliphatic rings. The molecule has 7 heteroatoms. The van der Waals surface area contributed by atoms with Crippen molar-refractivity contribution in [1.29, 1.82) is 0 Å². The zero-order valence-corrected chi connectivity index (χ0v) is 11.6. The van der Waals surface area contributed by atoms with Crippen molar-refractivity contribution >= 4 is 16.9 Å². The van der Waals surface area contributed by atoms with Crippen molar-refractivity contribution in [3.63, 3.8) is 0 Å². The fourth-order valence-electron chi connectivity index (χ4n) is 2.14. The zero-order chi connectivity index (χ0) is 14.7. The minimum Gasteiger partial charge on any atom is -0.466 e. The molecule has 21 heavy (non-hydrogen) atoms. The Morgan fingerprint density at radius 2 is 2.24 bits per heavy atom. The summed E-state index contributed by atoms with van der Waals surface area (Å²) >= 11 is 0. The largest absolute Gasteiger partial charge is 0.466 e. The maximum Gasteiger partial charge on any atom is 0.306 e. The molecule has 0 saturated heterocycles. The van der Waals surface area contributed by atoms with Gasteiger partial charge in [-0.15, -0.1) is 0 Å². The number of hydrogen-bond donors (Lipinski definition) is 2. The fourth-order valence-corrected chi connectivity index (χ4v) is 2.14. The summed E-state index contributed by atoms with van der Waals surface area (Å²) in [6.45, 7) is 2.18. The minimum atomic E-state index is -0.229. The number of aromatic nitrogens is 5. The lowest BCUT2D eigenvalue weighted by molar-refractivity contribution is -0.143. The number of benzene rings is 1. The van der Waals surface area contributed by atoms with E-state index in [-0.39, 0.29) is 5.97 Å². The smallest absolute Gasteiger partial charge is 0.306 e. The predicted octanol–water partition coefficient (Wildman–Crippen LogP) is 1.84. The van der Waals surface area contributed by atoms with Gasteiger partial charge in [-0.3, -0.25) is 15.0 Å². The summed E-state index contributed by atoms with van der Waals surface area (Å²) in [4.78, 5) is 15.8. The standard InChI is InChI=1S/C14H15N5O2/c1-2-21-13(20)7-6-12-16-14(19-18-12)9-4-3-5-11-10(9)8-15-17-11/h3-5,8H,2,6-7H2,1H3,(H,15,17)(H,16,18,19). The third-order valence-electron chi connectivity index (χ3n) is 3.13. The Labute approximate surface area is 120 Å². The van der Waals surface area contributed by atoms with Gasteiger partial charge in [-0.2, -0.15) is 10.2 Å². The molecule has 0 unspecified atom stereocenters. The average Bonchev–Trinajstić information content (AvgIpc) is 3.14. The van der Waals surface area contributed by atoms with Crippen molar-refractivity contribution in [3.05, 3.63) is 30.2 Å². The van der Waals surface area contributed by atoms with Gasteiger partial charge in [0.05, 0.1) is 24.7 Å². The number of H-pyrrole nitrogens is 2. The van der Waals surface area contributed by atoms with Crippen LogP contribution in [0.5, 0.6) is 0 Å². The molecule has 0 bridgehead atoms. The molecule has 0 aliphatic carbocycles. The summed E-state index contributed by atoms with van der Waals surface area (Å²) in [7, 11) is 0. The Hall–Kier alpha value is -2.70. The number of carbonyl (C=O) groups excluding carboxylic acids is 1. The summed E-state index contributed by atoms with van der Waals surface area (Å²) in [5.74, 6) is 1.03. The fraction of sp³-hybridized carbons (Fsp3) is 0.286. The average molecular weight is 285 g/mol. The van der Waals surface area contributed by atoms with Crippen LogP contribution >= 0.6 is 0 Å². The van der Waals surface area contributed by atoms with Crippen molar-refractivity contribution < 1.29 is 9.53 Å². The first-order chi connectivity index (χ1) is 10.3. The number of fused-ring (bicyclic) bond motifs is 1. The van der Waals surface area contributed by atoms with Gasteiger partial charge in [-0.1, -0.05) is 12.1 Å². The Kier molecular flexibility index (Phi) is 3.63. The number of ether oxygens (including phenoxy) is 1. The van der Waals surface area contributed by atoms with E-state index in [0.717, 1.165) is 16.5 Å². The van der Waals surface area contributed by atoms with Gasteiger partial charge >= 0.3 is 5.97 Å². The quantitative estimate of drug-likeness (QED) is 0.697. The normalized spacial score (nSPS) is 10.9. The number of carbonyl (C=O) groups is 1. The van der Waals surface area contributed by atoms with E-state index in [0.29, 0.717) is 31.1 Å². The Bertz CT molecular complexity index is 761. The van der Waals surface area contributed by atoms with Crippen LogP contribution in [-0.4, -0.2) is 38.0 Å². The number of rotatable bonds is 5. The molecule has 108 valence electrons. The lowest BCUT2D eigenvalue weighted by Crippen LogP contribution is -2.05. The lowest BCUT2D eigenvalue weighted by Gasteiger charge is -1.99. The molecule has 0 amide bonds. The third kappa shape index (κ3) is 2.76. The van der Waals surface area contributed by atoms with E-state index in [1.165, 1.54) is 0 Å². The van der Waals surface area contributed by atoms with Crippen LogP contribution < -0.4 is 0 Å². The first-order valence-corrected chi connectivity index (χ1v) is 6.77. The molecule has 3 aromatic rings. The van der Waals surface area contributed by atoms with Gasteiger partial charge < -0.3 is 4.74 Å². The van der Waals surface area contributed by atoms with Crippen LogP contribution in [0.2, 0.25) is 0 Å². The van der Waals surface area contributed by atoms with Crippen LogP contribution in [0, 0.1) is 0 Å². The Morgan fingerprint density at radius 3 is 3.10 bits per heavy atom. The predicted molar refractivity (Wildman–Crippen MR) is 76.4 cm³/mol. The van der Waals surface area contributed by atoms with E-state index in [9.17, 15) is 4.79 Å². The minimum absolute atomic E-state index is 0.229. The number of hydrogen-bond acceptors (Lipinski definition) is 5. The van der Waals surface area contributed by atoms with Crippen molar-refractivity contribution in [2.75, 3.05) is 6.61 Å². The Balaban J connectivity index is 1.79. The molecule has 3 rings (SSSR count). The van der Waals surface area contributed by atoms with Gasteiger partial charge in [0, 0.05) is 17.4 Å². The van der Waals surface area contributed by atoms with Crippen LogP contribution in [-0.2, 0) is 16.0 Å². The second kappa shape index (κ2) is 5.74. The van der Waals surface area contributed by atoms with Crippen molar-refractivity contribution in [2.24, 2.45) is 0 Å². The molecule has 0 atom stereocenters. The van der Waals surface area contributed by atoms with Crippen molar-refractivity contribution in [3.8, 4) is 11.4 Å². The van der Waals surface area contributed by atoms with Crippen LogP contribution in [0.25, 0.3) is 22.3 Å². The molecule has 0 saturated carbocycles. The number of esters is 1. The SMILES string of the molecule is CCOC(=O)CCc1nc(-c2cccc3[nH]ncc23)n[nH]1. The van der Waals surface area contributed by atoms with Gasteiger partial charge in [0.2, 0.25) is 0 Å². The highest BCUT2D eigenvalue weighted by Gasteiger charge is 2.11. The van der Waals surface area contributed by atoms with E-state index in [1.807, 2.05) is 18.2 Å². The van der Waals surface area contributed by atoms with Crippen molar-refractivity contribution in [1.82, 2.24) is 25.4 Å². The molecule has 0 aliphatic heterocycles. The summed E-state index contributed by atoms with van der Waals surface area (Å²) in [6, 6.07) is 5.81.